The number of rotatable bonds is 6. The zero-order valence-electron chi connectivity index (χ0n) is 12.1. The summed E-state index contributed by atoms with van der Waals surface area (Å²) in [5.74, 6) is 0.629. The number of nitrogens with one attached hydrogen (secondary N) is 1. The van der Waals surface area contributed by atoms with Gasteiger partial charge in [0.1, 0.15) is 5.00 Å². The van der Waals surface area contributed by atoms with E-state index < -0.39 is 0 Å². The lowest BCUT2D eigenvalue weighted by Crippen LogP contribution is -2.31. The number of nitrogen functional groups attached to an aromatic ring is 1. The van der Waals surface area contributed by atoms with E-state index >= 15 is 0 Å². The van der Waals surface area contributed by atoms with Crippen LogP contribution in [0.5, 0.6) is 0 Å². The standard InChI is InChI=1S/C15H21N3S2/c1-15(2,10-9-11-7-5-4-6-8-11)17-14-12(19-3)13(16)18-20-14/h4-8,17H,9-10H2,1-3H3,(H2,16,18). The molecular formula is C15H21N3S2. The van der Waals surface area contributed by atoms with Crippen molar-refractivity contribution in [2.24, 2.45) is 0 Å². The average Bonchev–Trinajstić information content (AvgIpc) is 2.77. The number of nitrogens with zero attached hydrogens (tertiary/aromatic N) is 1. The van der Waals surface area contributed by atoms with E-state index in [1.807, 2.05) is 6.26 Å². The molecule has 0 bridgehead atoms. The Morgan fingerprint density at radius 2 is 2.00 bits per heavy atom. The van der Waals surface area contributed by atoms with E-state index in [0.717, 1.165) is 22.7 Å². The summed E-state index contributed by atoms with van der Waals surface area (Å²) in [6.07, 6.45) is 4.15. The van der Waals surface area contributed by atoms with Gasteiger partial charge < -0.3 is 11.1 Å². The third-order valence-corrected chi connectivity index (χ3v) is 4.94. The van der Waals surface area contributed by atoms with Crippen LogP contribution in [-0.2, 0) is 6.42 Å². The minimum atomic E-state index is 0.0132. The molecule has 0 aliphatic heterocycles. The van der Waals surface area contributed by atoms with E-state index in [4.69, 9.17) is 5.73 Å². The molecule has 5 heteroatoms. The van der Waals surface area contributed by atoms with Crippen LogP contribution in [0.3, 0.4) is 0 Å². The molecule has 0 saturated carbocycles. The largest absolute Gasteiger partial charge is 0.382 e. The predicted molar refractivity (Wildman–Crippen MR) is 90.8 cm³/mol. The molecule has 0 unspecified atom stereocenters. The van der Waals surface area contributed by atoms with Crippen molar-refractivity contribution >= 4 is 34.1 Å². The van der Waals surface area contributed by atoms with E-state index in [2.05, 4.69) is 53.9 Å². The summed E-state index contributed by atoms with van der Waals surface area (Å²) in [6.45, 7) is 4.44. The van der Waals surface area contributed by atoms with Crippen LogP contribution < -0.4 is 11.1 Å². The normalized spacial score (nSPS) is 11.6. The molecule has 20 heavy (non-hydrogen) atoms. The van der Waals surface area contributed by atoms with Crippen molar-refractivity contribution in [2.75, 3.05) is 17.3 Å². The third-order valence-electron chi connectivity index (χ3n) is 3.21. The van der Waals surface area contributed by atoms with Gasteiger partial charge in [0.25, 0.3) is 0 Å². The Balaban J connectivity index is 2.00. The second kappa shape index (κ2) is 6.50. The highest BCUT2D eigenvalue weighted by atomic mass is 32.2. The Morgan fingerprint density at radius 3 is 2.65 bits per heavy atom. The first-order valence-corrected chi connectivity index (χ1v) is 8.63. The third kappa shape index (κ3) is 3.90. The molecule has 3 nitrogen and oxygen atoms in total. The highest BCUT2D eigenvalue weighted by Crippen LogP contribution is 2.36. The maximum Gasteiger partial charge on any atom is 0.153 e. The molecule has 3 N–H and O–H groups in total. The number of thioether (sulfide) groups is 1. The van der Waals surface area contributed by atoms with Crippen LogP contribution in [0.25, 0.3) is 0 Å². The van der Waals surface area contributed by atoms with Gasteiger partial charge in [0.15, 0.2) is 5.82 Å². The van der Waals surface area contributed by atoms with E-state index in [1.165, 1.54) is 17.1 Å². The van der Waals surface area contributed by atoms with Crippen LogP contribution in [0.1, 0.15) is 25.8 Å². The molecule has 2 rings (SSSR count). The Labute approximate surface area is 129 Å². The zero-order chi connectivity index (χ0) is 14.6. The molecule has 2 aromatic rings. The number of hydrogen-bond donors (Lipinski definition) is 2. The number of hydrogen-bond acceptors (Lipinski definition) is 5. The topological polar surface area (TPSA) is 50.9 Å². The lowest BCUT2D eigenvalue weighted by molar-refractivity contribution is 0.519. The molecule has 0 fully saturated rings. The molecule has 0 saturated heterocycles. The summed E-state index contributed by atoms with van der Waals surface area (Å²) in [6, 6.07) is 10.6. The second-order valence-electron chi connectivity index (χ2n) is 5.42. The number of benzene rings is 1. The van der Waals surface area contributed by atoms with Gasteiger partial charge in [-0.05, 0) is 50.0 Å². The van der Waals surface area contributed by atoms with Crippen LogP contribution in [0, 0.1) is 0 Å². The Morgan fingerprint density at radius 1 is 1.30 bits per heavy atom. The van der Waals surface area contributed by atoms with Crippen molar-refractivity contribution in [1.82, 2.24) is 4.37 Å². The predicted octanol–water partition coefficient (Wildman–Crippen LogP) is 4.27. The van der Waals surface area contributed by atoms with Crippen LogP contribution in [0.15, 0.2) is 35.2 Å². The van der Waals surface area contributed by atoms with Gasteiger partial charge in [0, 0.05) is 5.54 Å². The Kier molecular flexibility index (Phi) is 4.94. The molecule has 0 radical (unpaired) electrons. The highest BCUT2D eigenvalue weighted by molar-refractivity contribution is 7.99. The van der Waals surface area contributed by atoms with Gasteiger partial charge in [-0.3, -0.25) is 0 Å². The van der Waals surface area contributed by atoms with Gasteiger partial charge in [-0.25, -0.2) is 0 Å². The zero-order valence-corrected chi connectivity index (χ0v) is 13.8. The maximum atomic E-state index is 5.87. The minimum absolute atomic E-state index is 0.0132. The molecule has 1 aromatic heterocycles. The average molecular weight is 307 g/mol. The highest BCUT2D eigenvalue weighted by Gasteiger charge is 2.21. The molecule has 0 spiro atoms. The monoisotopic (exact) mass is 307 g/mol. The van der Waals surface area contributed by atoms with E-state index in [-0.39, 0.29) is 5.54 Å². The summed E-state index contributed by atoms with van der Waals surface area (Å²) < 4.78 is 4.23. The molecule has 0 amide bonds. The molecule has 1 aromatic carbocycles. The molecular weight excluding hydrogens is 286 g/mol. The molecule has 0 aliphatic rings. The lowest BCUT2D eigenvalue weighted by atomic mass is 9.95. The molecule has 108 valence electrons. The van der Waals surface area contributed by atoms with Crippen molar-refractivity contribution in [2.45, 2.75) is 37.1 Å². The maximum absolute atomic E-state index is 5.87. The molecule has 0 aliphatic carbocycles. The SMILES string of the molecule is CSc1c(N)nsc1NC(C)(C)CCc1ccccc1. The van der Waals surface area contributed by atoms with Crippen molar-refractivity contribution in [3.8, 4) is 0 Å². The van der Waals surface area contributed by atoms with Gasteiger partial charge >= 0.3 is 0 Å². The summed E-state index contributed by atoms with van der Waals surface area (Å²) >= 11 is 3.09. The molecule has 0 atom stereocenters. The van der Waals surface area contributed by atoms with Crippen molar-refractivity contribution in [3.05, 3.63) is 35.9 Å². The van der Waals surface area contributed by atoms with Crippen LogP contribution in [0.4, 0.5) is 10.8 Å². The van der Waals surface area contributed by atoms with Crippen LogP contribution in [0.2, 0.25) is 0 Å². The first-order chi connectivity index (χ1) is 9.52. The van der Waals surface area contributed by atoms with Crippen LogP contribution >= 0.6 is 23.3 Å². The van der Waals surface area contributed by atoms with Crippen molar-refractivity contribution in [1.29, 1.82) is 0 Å². The van der Waals surface area contributed by atoms with Gasteiger partial charge in [0.05, 0.1) is 4.90 Å². The van der Waals surface area contributed by atoms with E-state index in [9.17, 15) is 0 Å². The smallest absolute Gasteiger partial charge is 0.153 e. The summed E-state index contributed by atoms with van der Waals surface area (Å²) in [5, 5.41) is 4.66. The Hall–Kier alpha value is -1.20. The minimum Gasteiger partial charge on any atom is -0.382 e. The Bertz CT molecular complexity index is 550. The molecule has 1 heterocycles. The van der Waals surface area contributed by atoms with Gasteiger partial charge in [-0.15, -0.1) is 11.8 Å². The van der Waals surface area contributed by atoms with E-state index in [1.54, 1.807) is 11.8 Å². The van der Waals surface area contributed by atoms with Crippen LogP contribution in [-0.4, -0.2) is 16.2 Å². The first-order valence-electron chi connectivity index (χ1n) is 6.63. The van der Waals surface area contributed by atoms with Crippen molar-refractivity contribution in [3.63, 3.8) is 0 Å². The van der Waals surface area contributed by atoms with Gasteiger partial charge in [-0.2, -0.15) is 4.37 Å². The number of aryl methyl sites for hydroxylation is 1. The second-order valence-corrected chi connectivity index (χ2v) is 7.01. The first kappa shape index (κ1) is 15.2. The summed E-state index contributed by atoms with van der Waals surface area (Å²) in [7, 11) is 0. The fraction of sp³-hybridized carbons (Fsp3) is 0.400. The fourth-order valence-electron chi connectivity index (χ4n) is 2.04. The quantitative estimate of drug-likeness (QED) is 0.783. The van der Waals surface area contributed by atoms with E-state index in [0.29, 0.717) is 5.82 Å². The van der Waals surface area contributed by atoms with Gasteiger partial charge in [0.2, 0.25) is 0 Å². The lowest BCUT2D eigenvalue weighted by Gasteiger charge is -2.27. The van der Waals surface area contributed by atoms with Gasteiger partial charge in [-0.1, -0.05) is 30.3 Å². The number of aromatic nitrogens is 1. The number of nitrogens with two attached hydrogens (primary N) is 1. The summed E-state index contributed by atoms with van der Waals surface area (Å²) in [5.41, 5.74) is 7.26. The fourth-order valence-corrected chi connectivity index (χ4v) is 3.74. The van der Waals surface area contributed by atoms with Crippen molar-refractivity contribution < 1.29 is 0 Å². The summed E-state index contributed by atoms with van der Waals surface area (Å²) in [4.78, 5) is 1.06. The number of anilines is 2.